The van der Waals surface area contributed by atoms with Crippen LogP contribution in [0, 0.1) is 0 Å². The second kappa shape index (κ2) is 12.8. The summed E-state index contributed by atoms with van der Waals surface area (Å²) in [5.74, 6) is -0.451. The Morgan fingerprint density at radius 2 is 1.67 bits per heavy atom. The third-order valence-corrected chi connectivity index (χ3v) is 5.34. The number of nitrogens with one attached hydrogen (secondary N) is 1. The quantitative estimate of drug-likeness (QED) is 0.304. The Bertz CT molecular complexity index is 1090. The highest BCUT2D eigenvalue weighted by atomic mass is 35.5. The van der Waals surface area contributed by atoms with Crippen molar-refractivity contribution in [2.45, 2.75) is 38.8 Å². The molecule has 0 spiro atoms. The molecule has 0 radical (unpaired) electrons. The van der Waals surface area contributed by atoms with Crippen LogP contribution in [0.4, 0.5) is 5.82 Å². The van der Waals surface area contributed by atoms with Crippen molar-refractivity contribution in [3.05, 3.63) is 81.7 Å². The Balaban J connectivity index is 1.80. The van der Waals surface area contributed by atoms with E-state index in [0.29, 0.717) is 17.8 Å². The predicted molar refractivity (Wildman–Crippen MR) is 129 cm³/mol. The number of anilines is 1. The summed E-state index contributed by atoms with van der Waals surface area (Å²) in [4.78, 5) is 30.1. The average Bonchev–Trinajstić information content (AvgIpc) is 2.84. The lowest BCUT2D eigenvalue weighted by Gasteiger charge is -2.16. The lowest BCUT2D eigenvalue weighted by molar-refractivity contribution is -0.145. The molecule has 0 atom stereocenters. The summed E-state index contributed by atoms with van der Waals surface area (Å²) in [6.07, 6.45) is 3.41. The first kappa shape index (κ1) is 24.5. The molecule has 3 rings (SSSR count). The van der Waals surface area contributed by atoms with E-state index in [1.165, 1.54) is 4.57 Å². The topological polar surface area (TPSA) is 93.5 Å². The number of esters is 1. The summed E-state index contributed by atoms with van der Waals surface area (Å²) in [5, 5.41) is 12.0. The van der Waals surface area contributed by atoms with E-state index in [1.807, 2.05) is 60.7 Å². The molecule has 0 aliphatic rings. The fourth-order valence-corrected chi connectivity index (χ4v) is 3.68. The number of ether oxygens (including phenoxy) is 1. The lowest BCUT2D eigenvalue weighted by atomic mass is 10.1. The third-order valence-electron chi connectivity index (χ3n) is 5.08. The standard InChI is InChI=1S/C25H28ClN3O4/c26-23-22(20-13-7-4-8-14-20)29(17-21(31)33-18-19-11-5-3-6-12-19)25(32)24(28-23)27-15-9-1-2-10-16-30/h3-8,11-14,30H,1-2,9-10,15-18H2,(H,27,28). The van der Waals surface area contributed by atoms with Crippen LogP contribution in [-0.2, 0) is 22.7 Å². The normalized spacial score (nSPS) is 10.7. The second-order valence-corrected chi connectivity index (χ2v) is 7.93. The van der Waals surface area contributed by atoms with Gasteiger partial charge in [0.05, 0.1) is 5.69 Å². The molecule has 0 saturated carbocycles. The van der Waals surface area contributed by atoms with Crippen molar-refractivity contribution in [3.63, 3.8) is 0 Å². The molecule has 0 bridgehead atoms. The van der Waals surface area contributed by atoms with Crippen LogP contribution in [0.15, 0.2) is 65.5 Å². The molecule has 33 heavy (non-hydrogen) atoms. The molecule has 2 N–H and O–H groups in total. The molecule has 8 heteroatoms. The third kappa shape index (κ3) is 7.17. The molecule has 1 aromatic heterocycles. The zero-order valence-electron chi connectivity index (χ0n) is 18.4. The number of benzene rings is 2. The molecule has 174 valence electrons. The van der Waals surface area contributed by atoms with Crippen LogP contribution in [0.25, 0.3) is 11.3 Å². The summed E-state index contributed by atoms with van der Waals surface area (Å²) < 4.78 is 6.70. The van der Waals surface area contributed by atoms with Crippen molar-refractivity contribution in [1.29, 1.82) is 0 Å². The van der Waals surface area contributed by atoms with Gasteiger partial charge in [-0.05, 0) is 18.4 Å². The van der Waals surface area contributed by atoms with Gasteiger partial charge in [-0.3, -0.25) is 14.2 Å². The molecule has 0 aliphatic heterocycles. The number of carbonyl (C=O) groups is 1. The minimum atomic E-state index is -0.546. The maximum absolute atomic E-state index is 13.2. The van der Waals surface area contributed by atoms with Crippen molar-refractivity contribution >= 4 is 23.4 Å². The number of hydrogen-bond acceptors (Lipinski definition) is 6. The van der Waals surface area contributed by atoms with Crippen molar-refractivity contribution in [2.24, 2.45) is 0 Å². The Hall–Kier alpha value is -3.16. The van der Waals surface area contributed by atoms with E-state index in [0.717, 1.165) is 31.2 Å². The van der Waals surface area contributed by atoms with Crippen LogP contribution in [0.3, 0.4) is 0 Å². The zero-order valence-corrected chi connectivity index (χ0v) is 19.1. The summed E-state index contributed by atoms with van der Waals surface area (Å²) in [6.45, 7) is 0.542. The van der Waals surface area contributed by atoms with Gasteiger partial charge in [-0.1, -0.05) is 85.1 Å². The summed E-state index contributed by atoms with van der Waals surface area (Å²) in [6, 6.07) is 18.5. The van der Waals surface area contributed by atoms with E-state index in [2.05, 4.69) is 10.3 Å². The first-order valence-corrected chi connectivity index (χ1v) is 11.4. The van der Waals surface area contributed by atoms with Crippen molar-refractivity contribution in [2.75, 3.05) is 18.5 Å². The Kier molecular flexibility index (Phi) is 9.47. The van der Waals surface area contributed by atoms with E-state index in [4.69, 9.17) is 21.4 Å². The Labute approximate surface area is 198 Å². The van der Waals surface area contributed by atoms with Crippen molar-refractivity contribution in [3.8, 4) is 11.3 Å². The van der Waals surface area contributed by atoms with Crippen LogP contribution in [0.1, 0.15) is 31.2 Å². The fourth-order valence-electron chi connectivity index (χ4n) is 3.39. The van der Waals surface area contributed by atoms with Gasteiger partial charge >= 0.3 is 5.97 Å². The highest BCUT2D eigenvalue weighted by molar-refractivity contribution is 6.32. The molecule has 3 aromatic rings. The zero-order chi connectivity index (χ0) is 23.5. The van der Waals surface area contributed by atoms with Gasteiger partial charge in [0.15, 0.2) is 11.0 Å². The molecule has 0 saturated heterocycles. The molecule has 0 amide bonds. The van der Waals surface area contributed by atoms with Gasteiger partial charge in [-0.25, -0.2) is 4.98 Å². The molecule has 0 fully saturated rings. The van der Waals surface area contributed by atoms with Crippen LogP contribution in [0.5, 0.6) is 0 Å². The number of unbranched alkanes of at least 4 members (excludes halogenated alkanes) is 3. The van der Waals surface area contributed by atoms with Crippen LogP contribution in [0.2, 0.25) is 5.15 Å². The maximum atomic E-state index is 13.2. The predicted octanol–water partition coefficient (Wildman–Crippen LogP) is 4.27. The molecular weight excluding hydrogens is 442 g/mol. The number of hydrogen-bond donors (Lipinski definition) is 2. The molecule has 0 unspecified atom stereocenters. The number of rotatable bonds is 12. The summed E-state index contributed by atoms with van der Waals surface area (Å²) in [5.41, 5.74) is 1.47. The van der Waals surface area contributed by atoms with Crippen molar-refractivity contribution in [1.82, 2.24) is 9.55 Å². The largest absolute Gasteiger partial charge is 0.459 e. The van der Waals surface area contributed by atoms with E-state index < -0.39 is 11.5 Å². The van der Waals surface area contributed by atoms with Gasteiger partial charge in [-0.15, -0.1) is 0 Å². The van der Waals surface area contributed by atoms with Crippen LogP contribution < -0.4 is 10.9 Å². The maximum Gasteiger partial charge on any atom is 0.326 e. The van der Waals surface area contributed by atoms with E-state index in [1.54, 1.807) is 0 Å². The number of halogens is 1. The summed E-state index contributed by atoms with van der Waals surface area (Å²) >= 11 is 6.49. The fraction of sp³-hybridized carbons (Fsp3) is 0.320. The van der Waals surface area contributed by atoms with E-state index in [-0.39, 0.29) is 30.7 Å². The summed E-state index contributed by atoms with van der Waals surface area (Å²) in [7, 11) is 0. The Morgan fingerprint density at radius 3 is 2.36 bits per heavy atom. The van der Waals surface area contributed by atoms with Crippen molar-refractivity contribution < 1.29 is 14.6 Å². The SMILES string of the molecule is O=C(Cn1c(-c2ccccc2)c(Cl)nc(NCCCCCCO)c1=O)OCc1ccccc1. The minimum absolute atomic E-state index is 0.0951. The number of aliphatic hydroxyl groups excluding tert-OH is 1. The number of carbonyl (C=O) groups excluding carboxylic acids is 1. The Morgan fingerprint density at radius 1 is 1.00 bits per heavy atom. The molecule has 7 nitrogen and oxygen atoms in total. The molecule has 2 aromatic carbocycles. The highest BCUT2D eigenvalue weighted by Crippen LogP contribution is 2.26. The van der Waals surface area contributed by atoms with E-state index in [9.17, 15) is 9.59 Å². The van der Waals surface area contributed by atoms with Gasteiger partial charge < -0.3 is 15.2 Å². The average molecular weight is 470 g/mol. The van der Waals surface area contributed by atoms with E-state index >= 15 is 0 Å². The molecule has 0 aliphatic carbocycles. The van der Waals surface area contributed by atoms with Gasteiger partial charge in [0.2, 0.25) is 0 Å². The first-order chi connectivity index (χ1) is 16.1. The highest BCUT2D eigenvalue weighted by Gasteiger charge is 2.19. The van der Waals surface area contributed by atoms with Gasteiger partial charge in [0, 0.05) is 18.7 Å². The van der Waals surface area contributed by atoms with Crippen LogP contribution >= 0.6 is 11.6 Å². The molecular formula is C25H28ClN3O4. The molecule has 1 heterocycles. The minimum Gasteiger partial charge on any atom is -0.459 e. The monoisotopic (exact) mass is 469 g/mol. The second-order valence-electron chi connectivity index (χ2n) is 7.57. The first-order valence-electron chi connectivity index (χ1n) is 11.0. The van der Waals surface area contributed by atoms with Crippen LogP contribution in [-0.4, -0.2) is 33.8 Å². The lowest BCUT2D eigenvalue weighted by Crippen LogP contribution is -2.30. The number of nitrogens with zero attached hydrogens (tertiary/aromatic N) is 2. The van der Waals surface area contributed by atoms with Gasteiger partial charge in [-0.2, -0.15) is 0 Å². The number of aliphatic hydroxyl groups is 1. The number of aromatic nitrogens is 2. The smallest absolute Gasteiger partial charge is 0.326 e. The van der Waals surface area contributed by atoms with Gasteiger partial charge in [0.1, 0.15) is 13.2 Å². The van der Waals surface area contributed by atoms with Gasteiger partial charge in [0.25, 0.3) is 5.56 Å².